The fraction of sp³-hybridized carbons (Fsp3) is 0.231. The van der Waals surface area contributed by atoms with Gasteiger partial charge < -0.3 is 10.0 Å². The highest BCUT2D eigenvalue weighted by atomic mass is 16.4. The Bertz CT molecular complexity index is 522. The van der Waals surface area contributed by atoms with Crippen molar-refractivity contribution in [3.8, 4) is 0 Å². The van der Waals surface area contributed by atoms with Crippen molar-refractivity contribution in [1.29, 1.82) is 0 Å². The van der Waals surface area contributed by atoms with Crippen LogP contribution in [0.5, 0.6) is 0 Å². The molecule has 0 fully saturated rings. The molecule has 5 heteroatoms. The molecule has 0 bridgehead atoms. The van der Waals surface area contributed by atoms with Gasteiger partial charge in [-0.3, -0.25) is 9.48 Å². The van der Waals surface area contributed by atoms with Gasteiger partial charge in [-0.05, 0) is 18.2 Å². The van der Waals surface area contributed by atoms with E-state index in [-0.39, 0.29) is 6.54 Å². The first-order valence-electron chi connectivity index (χ1n) is 5.65. The van der Waals surface area contributed by atoms with Gasteiger partial charge in [-0.2, -0.15) is 5.10 Å². The predicted molar refractivity (Wildman–Crippen MR) is 68.3 cm³/mol. The zero-order chi connectivity index (χ0) is 13.0. The molecule has 0 saturated heterocycles. The van der Waals surface area contributed by atoms with Gasteiger partial charge in [0.15, 0.2) is 0 Å². The molecule has 0 aliphatic rings. The standard InChI is InChI=1S/C13H15N3O2/c1-15-8-7-11(14-15)9-16(10-13(17)18)12-5-3-2-4-6-12/h2-8H,9-10H2,1H3,(H,17,18). The normalized spacial score (nSPS) is 10.3. The molecule has 94 valence electrons. The van der Waals surface area contributed by atoms with Crippen LogP contribution in [-0.4, -0.2) is 27.4 Å². The van der Waals surface area contributed by atoms with Gasteiger partial charge in [-0.25, -0.2) is 0 Å². The van der Waals surface area contributed by atoms with Gasteiger partial charge in [0.25, 0.3) is 0 Å². The number of carbonyl (C=O) groups is 1. The first-order chi connectivity index (χ1) is 8.65. The van der Waals surface area contributed by atoms with Crippen molar-refractivity contribution in [2.45, 2.75) is 6.54 Å². The van der Waals surface area contributed by atoms with Crippen LogP contribution < -0.4 is 4.90 Å². The summed E-state index contributed by atoms with van der Waals surface area (Å²) in [6.45, 7) is 0.442. The van der Waals surface area contributed by atoms with Crippen LogP contribution in [0.1, 0.15) is 5.69 Å². The molecule has 0 aliphatic carbocycles. The summed E-state index contributed by atoms with van der Waals surface area (Å²) in [5, 5.41) is 13.2. The molecule has 0 atom stereocenters. The molecule has 1 heterocycles. The van der Waals surface area contributed by atoms with Gasteiger partial charge in [0.05, 0.1) is 12.2 Å². The molecule has 0 unspecified atom stereocenters. The molecular formula is C13H15N3O2. The van der Waals surface area contributed by atoms with Crippen molar-refractivity contribution in [1.82, 2.24) is 9.78 Å². The maximum Gasteiger partial charge on any atom is 0.323 e. The zero-order valence-electron chi connectivity index (χ0n) is 10.2. The molecular weight excluding hydrogens is 230 g/mol. The van der Waals surface area contributed by atoms with Crippen LogP contribution in [0.15, 0.2) is 42.6 Å². The summed E-state index contributed by atoms with van der Waals surface area (Å²) in [6.07, 6.45) is 1.85. The molecule has 5 nitrogen and oxygen atoms in total. The Balaban J connectivity index is 2.18. The second-order valence-corrected chi connectivity index (χ2v) is 4.07. The number of aromatic nitrogens is 2. The van der Waals surface area contributed by atoms with E-state index in [1.807, 2.05) is 49.6 Å². The lowest BCUT2D eigenvalue weighted by Crippen LogP contribution is -2.29. The molecule has 0 aliphatic heterocycles. The van der Waals surface area contributed by atoms with Crippen LogP contribution in [0.2, 0.25) is 0 Å². The van der Waals surface area contributed by atoms with E-state index >= 15 is 0 Å². The van der Waals surface area contributed by atoms with Gasteiger partial charge in [0, 0.05) is 18.9 Å². The Labute approximate surface area is 105 Å². The third-order valence-corrected chi connectivity index (χ3v) is 2.57. The topological polar surface area (TPSA) is 58.4 Å². The maximum absolute atomic E-state index is 10.9. The van der Waals surface area contributed by atoms with Crippen LogP contribution in [0.4, 0.5) is 5.69 Å². The average molecular weight is 245 g/mol. The number of nitrogens with zero attached hydrogens (tertiary/aromatic N) is 3. The lowest BCUT2D eigenvalue weighted by atomic mass is 10.2. The molecule has 1 aromatic carbocycles. The van der Waals surface area contributed by atoms with Crippen LogP contribution in [0, 0.1) is 0 Å². The lowest BCUT2D eigenvalue weighted by molar-refractivity contribution is -0.135. The van der Waals surface area contributed by atoms with E-state index < -0.39 is 5.97 Å². The van der Waals surface area contributed by atoms with E-state index in [0.29, 0.717) is 6.54 Å². The van der Waals surface area contributed by atoms with E-state index in [4.69, 9.17) is 5.11 Å². The third-order valence-electron chi connectivity index (χ3n) is 2.57. The highest BCUT2D eigenvalue weighted by molar-refractivity contribution is 5.73. The van der Waals surface area contributed by atoms with Crippen LogP contribution in [-0.2, 0) is 18.4 Å². The van der Waals surface area contributed by atoms with Crippen molar-refractivity contribution < 1.29 is 9.90 Å². The minimum Gasteiger partial charge on any atom is -0.480 e. The van der Waals surface area contributed by atoms with Crippen molar-refractivity contribution >= 4 is 11.7 Å². The molecule has 18 heavy (non-hydrogen) atoms. The molecule has 2 aromatic rings. The first-order valence-corrected chi connectivity index (χ1v) is 5.65. The zero-order valence-corrected chi connectivity index (χ0v) is 10.2. The number of carboxylic acid groups (broad SMARTS) is 1. The van der Waals surface area contributed by atoms with Crippen molar-refractivity contribution in [3.05, 3.63) is 48.3 Å². The molecule has 0 amide bonds. The number of benzene rings is 1. The van der Waals surface area contributed by atoms with Gasteiger partial charge >= 0.3 is 5.97 Å². The number of aryl methyl sites for hydroxylation is 1. The van der Waals surface area contributed by atoms with Gasteiger partial charge in [-0.15, -0.1) is 0 Å². The highest BCUT2D eigenvalue weighted by Crippen LogP contribution is 2.15. The van der Waals surface area contributed by atoms with E-state index in [1.165, 1.54) is 0 Å². The second-order valence-electron chi connectivity index (χ2n) is 4.07. The number of hydrogen-bond donors (Lipinski definition) is 1. The van der Waals surface area contributed by atoms with Gasteiger partial charge in [-0.1, -0.05) is 18.2 Å². The second kappa shape index (κ2) is 5.35. The number of para-hydroxylation sites is 1. The highest BCUT2D eigenvalue weighted by Gasteiger charge is 2.12. The molecule has 2 rings (SSSR count). The SMILES string of the molecule is Cn1ccc(CN(CC(=O)O)c2ccccc2)n1. The Kier molecular flexibility index (Phi) is 3.62. The summed E-state index contributed by atoms with van der Waals surface area (Å²) >= 11 is 0. The van der Waals surface area contributed by atoms with Gasteiger partial charge in [0.1, 0.15) is 6.54 Å². The number of carboxylic acids is 1. The number of rotatable bonds is 5. The van der Waals surface area contributed by atoms with E-state index in [9.17, 15) is 4.79 Å². The van der Waals surface area contributed by atoms with Gasteiger partial charge in [0.2, 0.25) is 0 Å². The lowest BCUT2D eigenvalue weighted by Gasteiger charge is -2.21. The fourth-order valence-electron chi connectivity index (χ4n) is 1.78. The van der Waals surface area contributed by atoms with Crippen LogP contribution >= 0.6 is 0 Å². The minimum atomic E-state index is -0.852. The number of hydrogen-bond acceptors (Lipinski definition) is 3. The van der Waals surface area contributed by atoms with E-state index in [0.717, 1.165) is 11.4 Å². The summed E-state index contributed by atoms with van der Waals surface area (Å²) in [5.41, 5.74) is 1.73. The Morgan fingerprint density at radius 2 is 2.06 bits per heavy atom. The van der Waals surface area contributed by atoms with E-state index in [2.05, 4.69) is 5.10 Å². The molecule has 0 radical (unpaired) electrons. The largest absolute Gasteiger partial charge is 0.480 e. The Morgan fingerprint density at radius 3 is 2.61 bits per heavy atom. The Hall–Kier alpha value is -2.30. The summed E-state index contributed by atoms with van der Waals surface area (Å²) in [5.74, 6) is -0.852. The molecule has 0 saturated carbocycles. The Morgan fingerprint density at radius 1 is 1.33 bits per heavy atom. The monoisotopic (exact) mass is 245 g/mol. The molecule has 1 aromatic heterocycles. The minimum absolute atomic E-state index is 0.0411. The van der Waals surface area contributed by atoms with E-state index in [1.54, 1.807) is 9.58 Å². The van der Waals surface area contributed by atoms with Crippen molar-refractivity contribution in [3.63, 3.8) is 0 Å². The summed E-state index contributed by atoms with van der Waals surface area (Å²) in [7, 11) is 1.84. The fourth-order valence-corrected chi connectivity index (χ4v) is 1.78. The maximum atomic E-state index is 10.9. The quantitative estimate of drug-likeness (QED) is 0.867. The molecule has 0 spiro atoms. The summed E-state index contributed by atoms with van der Waals surface area (Å²) in [4.78, 5) is 12.7. The summed E-state index contributed by atoms with van der Waals surface area (Å²) < 4.78 is 1.71. The van der Waals surface area contributed by atoms with Crippen LogP contribution in [0.3, 0.4) is 0 Å². The smallest absolute Gasteiger partial charge is 0.323 e. The summed E-state index contributed by atoms with van der Waals surface area (Å²) in [6, 6.07) is 11.4. The number of anilines is 1. The number of aliphatic carboxylic acids is 1. The average Bonchev–Trinajstić information content (AvgIpc) is 2.75. The van der Waals surface area contributed by atoms with Crippen molar-refractivity contribution in [2.24, 2.45) is 7.05 Å². The van der Waals surface area contributed by atoms with Crippen LogP contribution in [0.25, 0.3) is 0 Å². The van der Waals surface area contributed by atoms with Crippen molar-refractivity contribution in [2.75, 3.05) is 11.4 Å². The predicted octanol–water partition coefficient (Wildman–Crippen LogP) is 1.51. The first kappa shape index (κ1) is 12.2. The molecule has 1 N–H and O–H groups in total. The third kappa shape index (κ3) is 3.10.